The van der Waals surface area contributed by atoms with Gasteiger partial charge in [0.15, 0.2) is 0 Å². The number of rotatable bonds is 1. The molecule has 0 bridgehead atoms. The molecular formula is C7H16N2O. The first-order valence-electron chi connectivity index (χ1n) is 3.74. The summed E-state index contributed by atoms with van der Waals surface area (Å²) in [7, 11) is 4.03. The third kappa shape index (κ3) is 1.94. The molecule has 0 aromatic carbocycles. The summed E-state index contributed by atoms with van der Waals surface area (Å²) in [6.07, 6.45) is 2.21. The van der Waals surface area contributed by atoms with Crippen molar-refractivity contribution in [1.82, 2.24) is 4.90 Å². The van der Waals surface area contributed by atoms with Crippen LogP contribution in [0.2, 0.25) is 0 Å². The maximum Gasteiger partial charge on any atom is 0.111 e. The Morgan fingerprint density at radius 3 is 2.60 bits per heavy atom. The van der Waals surface area contributed by atoms with Crippen molar-refractivity contribution in [3.05, 3.63) is 0 Å². The van der Waals surface area contributed by atoms with Gasteiger partial charge in [-0.25, -0.2) is 0 Å². The van der Waals surface area contributed by atoms with Crippen molar-refractivity contribution in [3.63, 3.8) is 0 Å². The fourth-order valence-corrected chi connectivity index (χ4v) is 1.16. The van der Waals surface area contributed by atoms with Gasteiger partial charge in [0.1, 0.15) is 6.23 Å². The normalized spacial score (nSPS) is 34.8. The largest absolute Gasteiger partial charge is 0.363 e. The Morgan fingerprint density at radius 2 is 2.20 bits per heavy atom. The van der Waals surface area contributed by atoms with Gasteiger partial charge in [-0.3, -0.25) is 4.90 Å². The van der Waals surface area contributed by atoms with E-state index in [4.69, 9.17) is 10.5 Å². The van der Waals surface area contributed by atoms with Crippen molar-refractivity contribution in [2.45, 2.75) is 25.1 Å². The van der Waals surface area contributed by atoms with Gasteiger partial charge < -0.3 is 10.5 Å². The molecule has 0 aliphatic carbocycles. The first-order valence-corrected chi connectivity index (χ1v) is 3.74. The molecule has 0 radical (unpaired) electrons. The fraction of sp³-hybridized carbons (Fsp3) is 1.00. The van der Waals surface area contributed by atoms with Crippen molar-refractivity contribution in [2.75, 3.05) is 20.7 Å². The van der Waals surface area contributed by atoms with Gasteiger partial charge in [0.25, 0.3) is 0 Å². The van der Waals surface area contributed by atoms with E-state index < -0.39 is 0 Å². The van der Waals surface area contributed by atoms with Crippen LogP contribution in [0.25, 0.3) is 0 Å². The first-order chi connectivity index (χ1) is 4.70. The van der Waals surface area contributed by atoms with Crippen LogP contribution in [-0.2, 0) is 4.74 Å². The molecule has 0 saturated carbocycles. The number of hydrogen-bond acceptors (Lipinski definition) is 3. The van der Waals surface area contributed by atoms with Crippen LogP contribution in [0.15, 0.2) is 0 Å². The Hall–Kier alpha value is -0.120. The van der Waals surface area contributed by atoms with Crippen LogP contribution in [0, 0.1) is 0 Å². The smallest absolute Gasteiger partial charge is 0.111 e. The van der Waals surface area contributed by atoms with E-state index >= 15 is 0 Å². The molecule has 3 heteroatoms. The van der Waals surface area contributed by atoms with E-state index in [1.54, 1.807) is 0 Å². The Morgan fingerprint density at radius 1 is 1.50 bits per heavy atom. The number of hydrogen-bond donors (Lipinski definition) is 1. The quantitative estimate of drug-likeness (QED) is 0.563. The summed E-state index contributed by atoms with van der Waals surface area (Å²) in [6, 6.07) is 0.334. The van der Waals surface area contributed by atoms with E-state index in [1.165, 1.54) is 0 Å². The van der Waals surface area contributed by atoms with Crippen LogP contribution in [0.4, 0.5) is 0 Å². The highest BCUT2D eigenvalue weighted by molar-refractivity contribution is 4.71. The Bertz CT molecular complexity index is 106. The third-order valence-electron chi connectivity index (χ3n) is 1.88. The second kappa shape index (κ2) is 3.32. The number of nitrogens with two attached hydrogens (primary N) is 1. The lowest BCUT2D eigenvalue weighted by atomic mass is 10.1. The Balaban J connectivity index is 2.32. The average Bonchev–Trinajstić information content (AvgIpc) is 1.88. The molecule has 3 nitrogen and oxygen atoms in total. The van der Waals surface area contributed by atoms with Gasteiger partial charge in [0.2, 0.25) is 0 Å². The molecule has 60 valence electrons. The molecule has 1 saturated heterocycles. The molecule has 1 rings (SSSR count). The Labute approximate surface area is 62.1 Å². The predicted molar refractivity (Wildman–Crippen MR) is 40.6 cm³/mol. The molecule has 10 heavy (non-hydrogen) atoms. The zero-order chi connectivity index (χ0) is 7.56. The minimum Gasteiger partial charge on any atom is -0.363 e. The van der Waals surface area contributed by atoms with E-state index in [0.29, 0.717) is 6.04 Å². The standard InChI is InChI=1S/C7H16N2O/c1-9(2)7-5-6(8)3-4-10-7/h6-7H,3-5,8H2,1-2H3. The van der Waals surface area contributed by atoms with E-state index in [2.05, 4.69) is 4.90 Å². The van der Waals surface area contributed by atoms with E-state index in [0.717, 1.165) is 19.4 Å². The van der Waals surface area contributed by atoms with Crippen molar-refractivity contribution in [2.24, 2.45) is 5.73 Å². The summed E-state index contributed by atoms with van der Waals surface area (Å²) < 4.78 is 5.46. The highest BCUT2D eigenvalue weighted by Gasteiger charge is 2.20. The fourth-order valence-electron chi connectivity index (χ4n) is 1.16. The van der Waals surface area contributed by atoms with Crippen molar-refractivity contribution < 1.29 is 4.74 Å². The monoisotopic (exact) mass is 144 g/mol. The van der Waals surface area contributed by atoms with Crippen molar-refractivity contribution in [3.8, 4) is 0 Å². The summed E-state index contributed by atoms with van der Waals surface area (Å²) >= 11 is 0. The molecule has 2 N–H and O–H groups in total. The predicted octanol–water partition coefficient (Wildman–Crippen LogP) is 0.0118. The van der Waals surface area contributed by atoms with Gasteiger partial charge in [-0.2, -0.15) is 0 Å². The lowest BCUT2D eigenvalue weighted by molar-refractivity contribution is -0.0703. The van der Waals surface area contributed by atoms with Crippen LogP contribution in [-0.4, -0.2) is 37.9 Å². The minimum absolute atomic E-state index is 0.240. The SMILES string of the molecule is CN(C)C1CC(N)CCO1. The molecule has 1 heterocycles. The maximum atomic E-state index is 5.76. The van der Waals surface area contributed by atoms with Gasteiger partial charge in [0, 0.05) is 12.5 Å². The molecule has 1 aliphatic heterocycles. The number of ether oxygens (including phenoxy) is 1. The lowest BCUT2D eigenvalue weighted by Crippen LogP contribution is -2.42. The molecule has 1 aliphatic rings. The molecule has 2 unspecified atom stereocenters. The summed E-state index contributed by atoms with van der Waals surface area (Å²) in [5.74, 6) is 0. The van der Waals surface area contributed by atoms with E-state index in [1.807, 2.05) is 14.1 Å². The van der Waals surface area contributed by atoms with Crippen LogP contribution in [0.3, 0.4) is 0 Å². The minimum atomic E-state index is 0.240. The van der Waals surface area contributed by atoms with Gasteiger partial charge in [-0.1, -0.05) is 0 Å². The highest BCUT2D eigenvalue weighted by Crippen LogP contribution is 2.12. The summed E-state index contributed by atoms with van der Waals surface area (Å²) in [6.45, 7) is 0.810. The van der Waals surface area contributed by atoms with Crippen LogP contribution >= 0.6 is 0 Å². The highest BCUT2D eigenvalue weighted by atomic mass is 16.5. The molecule has 0 aromatic rings. The molecule has 2 atom stereocenters. The van der Waals surface area contributed by atoms with Crippen molar-refractivity contribution >= 4 is 0 Å². The average molecular weight is 144 g/mol. The third-order valence-corrected chi connectivity index (χ3v) is 1.88. The van der Waals surface area contributed by atoms with Crippen LogP contribution in [0.1, 0.15) is 12.8 Å². The molecular weight excluding hydrogens is 128 g/mol. The zero-order valence-electron chi connectivity index (χ0n) is 6.71. The summed E-state index contributed by atoms with van der Waals surface area (Å²) in [4.78, 5) is 2.07. The second-order valence-electron chi connectivity index (χ2n) is 3.07. The molecule has 0 amide bonds. The second-order valence-corrected chi connectivity index (χ2v) is 3.07. The van der Waals surface area contributed by atoms with Crippen molar-refractivity contribution in [1.29, 1.82) is 0 Å². The zero-order valence-corrected chi connectivity index (χ0v) is 6.71. The number of nitrogens with zero attached hydrogens (tertiary/aromatic N) is 1. The lowest BCUT2D eigenvalue weighted by Gasteiger charge is -2.31. The first kappa shape index (κ1) is 7.98. The summed E-state index contributed by atoms with van der Waals surface area (Å²) in [5.41, 5.74) is 5.76. The van der Waals surface area contributed by atoms with E-state index in [9.17, 15) is 0 Å². The van der Waals surface area contributed by atoms with E-state index in [-0.39, 0.29) is 6.23 Å². The summed E-state index contributed by atoms with van der Waals surface area (Å²) in [5, 5.41) is 0. The van der Waals surface area contributed by atoms with Gasteiger partial charge in [0.05, 0.1) is 6.61 Å². The molecule has 0 spiro atoms. The maximum absolute atomic E-state index is 5.76. The Kier molecular flexibility index (Phi) is 2.65. The van der Waals surface area contributed by atoms with Gasteiger partial charge in [-0.15, -0.1) is 0 Å². The molecule has 1 fully saturated rings. The topological polar surface area (TPSA) is 38.5 Å². The van der Waals surface area contributed by atoms with Crippen LogP contribution < -0.4 is 5.73 Å². The van der Waals surface area contributed by atoms with Gasteiger partial charge >= 0.3 is 0 Å². The van der Waals surface area contributed by atoms with Gasteiger partial charge in [-0.05, 0) is 20.5 Å². The molecule has 0 aromatic heterocycles. The van der Waals surface area contributed by atoms with Crippen LogP contribution in [0.5, 0.6) is 0 Å².